The number of halogens is 1. The number of rotatable bonds is 5. The number of aryl methyl sites for hydroxylation is 1. The molecule has 0 saturated carbocycles. The van der Waals surface area contributed by atoms with E-state index >= 15 is 0 Å². The van der Waals surface area contributed by atoms with Crippen molar-refractivity contribution >= 4 is 21.6 Å². The molecule has 0 nitrogen and oxygen atoms in total. The highest BCUT2D eigenvalue weighted by Gasteiger charge is 2.22. The van der Waals surface area contributed by atoms with Crippen molar-refractivity contribution < 1.29 is 0 Å². The van der Waals surface area contributed by atoms with Crippen LogP contribution in [-0.2, 0) is 6.42 Å². The van der Waals surface area contributed by atoms with Crippen LogP contribution in [0.1, 0.15) is 18.9 Å². The van der Waals surface area contributed by atoms with Crippen molar-refractivity contribution in [3.63, 3.8) is 0 Å². The van der Waals surface area contributed by atoms with Gasteiger partial charge in [0.25, 0.3) is 0 Å². The van der Waals surface area contributed by atoms with Crippen molar-refractivity contribution in [2.45, 2.75) is 29.9 Å². The van der Waals surface area contributed by atoms with Crippen LogP contribution in [0.15, 0.2) is 59.5 Å². The zero-order valence-corrected chi connectivity index (χ0v) is 14.0. The van der Waals surface area contributed by atoms with Crippen LogP contribution in [0.25, 0.3) is 0 Å². The third kappa shape index (κ3) is 3.80. The molecular formula is C18H23ClS. The number of hydrogen-bond acceptors (Lipinski definition) is 0. The first-order valence-corrected chi connectivity index (χ1v) is 9.91. The predicted molar refractivity (Wildman–Crippen MR) is 93.4 cm³/mol. The highest BCUT2D eigenvalue weighted by atomic mass is 35.5. The van der Waals surface area contributed by atoms with Gasteiger partial charge in [0.1, 0.15) is 0 Å². The molecule has 108 valence electrons. The average molecular weight is 307 g/mol. The van der Waals surface area contributed by atoms with Crippen LogP contribution < -0.4 is 0 Å². The van der Waals surface area contributed by atoms with Gasteiger partial charge in [0, 0.05) is 5.02 Å². The molecule has 0 bridgehead atoms. The summed E-state index contributed by atoms with van der Waals surface area (Å²) in [6, 6.07) is 19.2. The predicted octanol–water partition coefficient (Wildman–Crippen LogP) is 5.78. The summed E-state index contributed by atoms with van der Waals surface area (Å²) in [4.78, 5) is 1.50. The van der Waals surface area contributed by atoms with E-state index in [9.17, 15) is 0 Å². The maximum atomic E-state index is 5.93. The van der Waals surface area contributed by atoms with E-state index in [2.05, 4.69) is 61.9 Å². The Kier molecular flexibility index (Phi) is 5.17. The normalized spacial score (nSPS) is 14.0. The third-order valence-electron chi connectivity index (χ3n) is 4.11. The molecule has 0 saturated heterocycles. The van der Waals surface area contributed by atoms with E-state index in [0.717, 1.165) is 11.4 Å². The first-order chi connectivity index (χ1) is 9.50. The van der Waals surface area contributed by atoms with E-state index < -0.39 is 10.0 Å². The molecular weight excluding hydrogens is 284 g/mol. The monoisotopic (exact) mass is 306 g/mol. The van der Waals surface area contributed by atoms with Crippen molar-refractivity contribution in [2.75, 3.05) is 12.5 Å². The summed E-state index contributed by atoms with van der Waals surface area (Å²) in [5.74, 6) is 0. The maximum absolute atomic E-state index is 5.93. The second-order valence-corrected chi connectivity index (χ2v) is 10.2. The second kappa shape index (κ2) is 6.69. The van der Waals surface area contributed by atoms with Gasteiger partial charge in [-0.2, -0.15) is 0 Å². The van der Waals surface area contributed by atoms with Crippen molar-refractivity contribution in [2.24, 2.45) is 0 Å². The van der Waals surface area contributed by atoms with Crippen molar-refractivity contribution in [3.8, 4) is 0 Å². The Hall–Kier alpha value is -0.920. The zero-order valence-electron chi connectivity index (χ0n) is 12.5. The van der Waals surface area contributed by atoms with Crippen LogP contribution in [0.2, 0.25) is 5.02 Å². The van der Waals surface area contributed by atoms with E-state index in [1.54, 1.807) is 0 Å². The number of hydrogen-bond donors (Lipinski definition) is 0. The lowest BCUT2D eigenvalue weighted by atomic mass is 10.1. The molecule has 0 N–H and O–H groups in total. The van der Waals surface area contributed by atoms with Gasteiger partial charge in [0.15, 0.2) is 0 Å². The van der Waals surface area contributed by atoms with Crippen molar-refractivity contribution in [3.05, 3.63) is 65.2 Å². The van der Waals surface area contributed by atoms with Gasteiger partial charge in [0.05, 0.1) is 0 Å². The largest absolute Gasteiger partial charge is 0.218 e. The molecule has 20 heavy (non-hydrogen) atoms. The van der Waals surface area contributed by atoms with Gasteiger partial charge in [-0.15, -0.1) is 0 Å². The van der Waals surface area contributed by atoms with Crippen LogP contribution in [0.5, 0.6) is 0 Å². The minimum Gasteiger partial charge on any atom is -0.218 e. The van der Waals surface area contributed by atoms with E-state index in [0.29, 0.717) is 5.25 Å². The molecule has 0 aliphatic rings. The van der Waals surface area contributed by atoms with E-state index in [4.69, 9.17) is 11.6 Å². The quantitative estimate of drug-likeness (QED) is 0.656. The van der Waals surface area contributed by atoms with E-state index in [-0.39, 0.29) is 0 Å². The first kappa shape index (κ1) is 15.5. The minimum atomic E-state index is -0.743. The van der Waals surface area contributed by atoms with Gasteiger partial charge in [-0.3, -0.25) is 0 Å². The van der Waals surface area contributed by atoms with Crippen LogP contribution in [0, 0.1) is 0 Å². The van der Waals surface area contributed by atoms with Gasteiger partial charge < -0.3 is 0 Å². The smallest absolute Gasteiger partial charge is 0.0406 e. The van der Waals surface area contributed by atoms with Crippen molar-refractivity contribution in [1.82, 2.24) is 0 Å². The van der Waals surface area contributed by atoms with Gasteiger partial charge in [0.2, 0.25) is 0 Å². The lowest BCUT2D eigenvalue weighted by Gasteiger charge is -2.38. The summed E-state index contributed by atoms with van der Waals surface area (Å²) in [5.41, 5.74) is 1.38. The molecule has 0 radical (unpaired) electrons. The molecule has 2 aromatic rings. The molecule has 0 fully saturated rings. The molecule has 0 amide bonds. The Labute approximate surface area is 129 Å². The van der Waals surface area contributed by atoms with Crippen LogP contribution in [0.3, 0.4) is 0 Å². The summed E-state index contributed by atoms with van der Waals surface area (Å²) >= 11 is 5.93. The molecule has 0 aliphatic carbocycles. The topological polar surface area (TPSA) is 0 Å². The van der Waals surface area contributed by atoms with Crippen LogP contribution in [0.4, 0.5) is 0 Å². The molecule has 0 aliphatic heterocycles. The van der Waals surface area contributed by atoms with Gasteiger partial charge >= 0.3 is 0 Å². The van der Waals surface area contributed by atoms with Gasteiger partial charge in [-0.05, 0) is 53.2 Å². The fourth-order valence-electron chi connectivity index (χ4n) is 2.32. The molecule has 0 spiro atoms. The fourth-order valence-corrected chi connectivity index (χ4v) is 4.48. The highest BCUT2D eigenvalue weighted by molar-refractivity contribution is 8.33. The SMILES string of the molecule is CC(CCc1ccc(Cl)cc1)S(C)(C)c1ccccc1. The molecule has 1 atom stereocenters. The molecule has 2 rings (SSSR count). The summed E-state index contributed by atoms with van der Waals surface area (Å²) in [5, 5.41) is 1.53. The zero-order chi connectivity index (χ0) is 14.6. The Balaban J connectivity index is 2.00. The highest BCUT2D eigenvalue weighted by Crippen LogP contribution is 2.54. The Morgan fingerprint density at radius 2 is 1.55 bits per heavy atom. The van der Waals surface area contributed by atoms with Crippen LogP contribution >= 0.6 is 21.6 Å². The standard InChI is InChI=1S/C18H23ClS/c1-15(9-10-16-11-13-17(19)14-12-16)20(2,3)18-7-5-4-6-8-18/h4-8,11-15H,9-10H2,1-3H3. The summed E-state index contributed by atoms with van der Waals surface area (Å²) in [7, 11) is -0.743. The minimum absolute atomic E-state index is 0.709. The molecule has 1 unspecified atom stereocenters. The van der Waals surface area contributed by atoms with E-state index in [1.165, 1.54) is 16.9 Å². The number of benzene rings is 2. The Bertz CT molecular complexity index is 531. The molecule has 2 aromatic carbocycles. The summed E-state index contributed by atoms with van der Waals surface area (Å²) in [6.07, 6.45) is 7.20. The van der Waals surface area contributed by atoms with Crippen LogP contribution in [-0.4, -0.2) is 17.8 Å². The Morgan fingerprint density at radius 3 is 2.15 bits per heavy atom. The molecule has 0 heterocycles. The van der Waals surface area contributed by atoms with Crippen molar-refractivity contribution in [1.29, 1.82) is 0 Å². The third-order valence-corrected chi connectivity index (χ3v) is 8.10. The first-order valence-electron chi connectivity index (χ1n) is 7.02. The average Bonchev–Trinajstić information content (AvgIpc) is 2.47. The second-order valence-electron chi connectivity index (χ2n) is 5.69. The molecule has 0 aromatic heterocycles. The van der Waals surface area contributed by atoms with Gasteiger partial charge in [-0.1, -0.05) is 61.0 Å². The van der Waals surface area contributed by atoms with E-state index in [1.807, 2.05) is 12.1 Å². The molecule has 2 heteroatoms. The fraction of sp³-hybridized carbons (Fsp3) is 0.333. The summed E-state index contributed by atoms with van der Waals surface area (Å²) in [6.45, 7) is 2.39. The lowest BCUT2D eigenvalue weighted by molar-refractivity contribution is 0.802. The summed E-state index contributed by atoms with van der Waals surface area (Å²) < 4.78 is 0. The maximum Gasteiger partial charge on any atom is 0.0406 e. The van der Waals surface area contributed by atoms with Gasteiger partial charge in [-0.25, -0.2) is 10.0 Å². The lowest BCUT2D eigenvalue weighted by Crippen LogP contribution is -2.14. The Morgan fingerprint density at radius 1 is 0.950 bits per heavy atom.